The van der Waals surface area contributed by atoms with E-state index in [0.29, 0.717) is 12.3 Å². The fourth-order valence-electron chi connectivity index (χ4n) is 2.07. The SMILES string of the molecule is CCC(N)C(=O)NCC1CCN(CC)CC1. The zero-order chi connectivity index (χ0) is 12.0. The molecule has 0 radical (unpaired) electrons. The summed E-state index contributed by atoms with van der Waals surface area (Å²) in [6.07, 6.45) is 3.09. The second-order valence-electron chi connectivity index (χ2n) is 4.64. The molecule has 3 N–H and O–H groups in total. The number of hydrogen-bond donors (Lipinski definition) is 2. The summed E-state index contributed by atoms with van der Waals surface area (Å²) in [5.41, 5.74) is 5.66. The number of carbonyl (C=O) groups excluding carboxylic acids is 1. The first-order valence-corrected chi connectivity index (χ1v) is 6.43. The quantitative estimate of drug-likeness (QED) is 0.722. The van der Waals surface area contributed by atoms with E-state index in [1.54, 1.807) is 0 Å². The van der Waals surface area contributed by atoms with Gasteiger partial charge in [-0.15, -0.1) is 0 Å². The van der Waals surface area contributed by atoms with Crippen LogP contribution in [0.4, 0.5) is 0 Å². The summed E-state index contributed by atoms with van der Waals surface area (Å²) in [7, 11) is 0. The van der Waals surface area contributed by atoms with Gasteiger partial charge in [-0.1, -0.05) is 13.8 Å². The minimum absolute atomic E-state index is 0.000390. The number of nitrogens with zero attached hydrogens (tertiary/aromatic N) is 1. The molecule has 0 aromatic carbocycles. The van der Waals surface area contributed by atoms with Crippen LogP contribution in [0.2, 0.25) is 0 Å². The van der Waals surface area contributed by atoms with E-state index in [1.165, 1.54) is 12.8 Å². The molecule has 4 heteroatoms. The van der Waals surface area contributed by atoms with Crippen LogP contribution in [0.3, 0.4) is 0 Å². The number of amides is 1. The molecule has 0 aromatic rings. The van der Waals surface area contributed by atoms with E-state index in [2.05, 4.69) is 17.1 Å². The molecule has 1 unspecified atom stereocenters. The first-order chi connectivity index (χ1) is 7.67. The Bertz CT molecular complexity index is 212. The summed E-state index contributed by atoms with van der Waals surface area (Å²) in [5, 5.41) is 2.95. The average molecular weight is 227 g/mol. The van der Waals surface area contributed by atoms with Crippen LogP contribution in [-0.4, -0.2) is 43.0 Å². The van der Waals surface area contributed by atoms with Gasteiger partial charge in [0, 0.05) is 6.54 Å². The van der Waals surface area contributed by atoms with E-state index in [0.717, 1.165) is 26.2 Å². The summed E-state index contributed by atoms with van der Waals surface area (Å²) in [6, 6.07) is -0.337. The van der Waals surface area contributed by atoms with Crippen molar-refractivity contribution in [3.8, 4) is 0 Å². The molecule has 0 saturated carbocycles. The van der Waals surface area contributed by atoms with Gasteiger partial charge < -0.3 is 16.0 Å². The van der Waals surface area contributed by atoms with E-state index < -0.39 is 0 Å². The van der Waals surface area contributed by atoms with Crippen molar-refractivity contribution in [1.82, 2.24) is 10.2 Å². The molecule has 0 bridgehead atoms. The first kappa shape index (κ1) is 13.5. The lowest BCUT2D eigenvalue weighted by molar-refractivity contribution is -0.122. The molecule has 1 rings (SSSR count). The van der Waals surface area contributed by atoms with Crippen molar-refractivity contribution in [2.45, 2.75) is 39.2 Å². The maximum atomic E-state index is 11.5. The lowest BCUT2D eigenvalue weighted by Crippen LogP contribution is -2.44. The maximum Gasteiger partial charge on any atom is 0.236 e. The van der Waals surface area contributed by atoms with Gasteiger partial charge in [0.25, 0.3) is 0 Å². The zero-order valence-electron chi connectivity index (χ0n) is 10.5. The molecule has 16 heavy (non-hydrogen) atoms. The summed E-state index contributed by atoms with van der Waals surface area (Å²) >= 11 is 0. The second-order valence-corrected chi connectivity index (χ2v) is 4.64. The molecule has 94 valence electrons. The standard InChI is InChI=1S/C12H25N3O/c1-3-11(13)12(16)14-9-10-5-7-15(4-2)8-6-10/h10-11H,3-9,13H2,1-2H3,(H,14,16). The number of piperidine rings is 1. The minimum Gasteiger partial charge on any atom is -0.354 e. The molecule has 1 saturated heterocycles. The summed E-state index contributed by atoms with van der Waals surface area (Å²) in [6.45, 7) is 8.39. The highest BCUT2D eigenvalue weighted by Gasteiger charge is 2.19. The molecule has 0 spiro atoms. The zero-order valence-corrected chi connectivity index (χ0v) is 10.5. The number of nitrogens with one attached hydrogen (secondary N) is 1. The van der Waals surface area contributed by atoms with Crippen molar-refractivity contribution in [1.29, 1.82) is 0 Å². The molecule has 1 atom stereocenters. The predicted molar refractivity (Wildman–Crippen MR) is 66.1 cm³/mol. The molecular formula is C12H25N3O. The van der Waals surface area contributed by atoms with E-state index in [1.807, 2.05) is 6.92 Å². The van der Waals surface area contributed by atoms with E-state index in [9.17, 15) is 4.79 Å². The van der Waals surface area contributed by atoms with Gasteiger partial charge in [0.05, 0.1) is 6.04 Å². The minimum atomic E-state index is -0.337. The summed E-state index contributed by atoms with van der Waals surface area (Å²) in [4.78, 5) is 13.9. The highest BCUT2D eigenvalue weighted by atomic mass is 16.2. The Balaban J connectivity index is 2.17. The molecule has 1 aliphatic heterocycles. The maximum absolute atomic E-state index is 11.5. The Morgan fingerprint density at radius 3 is 2.56 bits per heavy atom. The molecule has 4 nitrogen and oxygen atoms in total. The largest absolute Gasteiger partial charge is 0.354 e. The van der Waals surface area contributed by atoms with E-state index >= 15 is 0 Å². The van der Waals surface area contributed by atoms with Crippen molar-refractivity contribution >= 4 is 5.91 Å². The Hall–Kier alpha value is -0.610. The van der Waals surface area contributed by atoms with Crippen molar-refractivity contribution in [2.24, 2.45) is 11.7 Å². The number of rotatable bonds is 5. The van der Waals surface area contributed by atoms with Gasteiger partial charge in [-0.05, 0) is 44.8 Å². The summed E-state index contributed by atoms with van der Waals surface area (Å²) in [5.74, 6) is 0.635. The average Bonchev–Trinajstić information content (AvgIpc) is 2.35. The van der Waals surface area contributed by atoms with E-state index in [-0.39, 0.29) is 11.9 Å². The van der Waals surface area contributed by atoms with Crippen LogP contribution < -0.4 is 11.1 Å². The Kier molecular flexibility index (Phi) is 5.77. The van der Waals surface area contributed by atoms with Crippen LogP contribution in [0.15, 0.2) is 0 Å². The molecule has 0 aliphatic carbocycles. The monoisotopic (exact) mass is 227 g/mol. The van der Waals surface area contributed by atoms with E-state index in [4.69, 9.17) is 5.73 Å². The third-order valence-electron chi connectivity index (χ3n) is 3.50. The van der Waals surface area contributed by atoms with Crippen LogP contribution in [0.1, 0.15) is 33.1 Å². The van der Waals surface area contributed by atoms with Gasteiger partial charge in [0.15, 0.2) is 0 Å². The van der Waals surface area contributed by atoms with Gasteiger partial charge in [0.1, 0.15) is 0 Å². The van der Waals surface area contributed by atoms with Crippen LogP contribution in [-0.2, 0) is 4.79 Å². The number of hydrogen-bond acceptors (Lipinski definition) is 3. The smallest absolute Gasteiger partial charge is 0.236 e. The Morgan fingerprint density at radius 1 is 1.44 bits per heavy atom. The van der Waals surface area contributed by atoms with Gasteiger partial charge in [-0.3, -0.25) is 4.79 Å². The first-order valence-electron chi connectivity index (χ1n) is 6.43. The molecular weight excluding hydrogens is 202 g/mol. The van der Waals surface area contributed by atoms with Gasteiger partial charge in [0.2, 0.25) is 5.91 Å². The van der Waals surface area contributed by atoms with Gasteiger partial charge in [-0.25, -0.2) is 0 Å². The Morgan fingerprint density at radius 2 is 2.06 bits per heavy atom. The normalized spacial score (nSPS) is 20.7. The van der Waals surface area contributed by atoms with Crippen molar-refractivity contribution in [3.05, 3.63) is 0 Å². The van der Waals surface area contributed by atoms with Crippen molar-refractivity contribution < 1.29 is 4.79 Å². The lowest BCUT2D eigenvalue weighted by Gasteiger charge is -2.31. The van der Waals surface area contributed by atoms with Crippen LogP contribution in [0.5, 0.6) is 0 Å². The topological polar surface area (TPSA) is 58.4 Å². The van der Waals surface area contributed by atoms with Crippen LogP contribution in [0.25, 0.3) is 0 Å². The second kappa shape index (κ2) is 6.86. The van der Waals surface area contributed by atoms with Gasteiger partial charge in [-0.2, -0.15) is 0 Å². The number of likely N-dealkylation sites (tertiary alicyclic amines) is 1. The molecule has 0 aromatic heterocycles. The summed E-state index contributed by atoms with van der Waals surface area (Å²) < 4.78 is 0. The van der Waals surface area contributed by atoms with Crippen molar-refractivity contribution in [3.63, 3.8) is 0 Å². The fraction of sp³-hybridized carbons (Fsp3) is 0.917. The third kappa shape index (κ3) is 4.10. The molecule has 1 fully saturated rings. The number of nitrogens with two attached hydrogens (primary N) is 1. The highest BCUT2D eigenvalue weighted by molar-refractivity contribution is 5.81. The van der Waals surface area contributed by atoms with Crippen molar-refractivity contribution in [2.75, 3.05) is 26.2 Å². The van der Waals surface area contributed by atoms with Crippen LogP contribution in [0, 0.1) is 5.92 Å². The number of carbonyl (C=O) groups is 1. The molecule has 1 aliphatic rings. The molecule has 1 amide bonds. The Labute approximate surface area is 98.6 Å². The third-order valence-corrected chi connectivity index (χ3v) is 3.50. The fourth-order valence-corrected chi connectivity index (χ4v) is 2.07. The highest BCUT2D eigenvalue weighted by Crippen LogP contribution is 2.15. The predicted octanol–water partition coefficient (Wildman–Crippen LogP) is 0.572. The van der Waals surface area contributed by atoms with Crippen LogP contribution >= 0.6 is 0 Å². The lowest BCUT2D eigenvalue weighted by atomic mass is 9.96. The molecule has 1 heterocycles. The van der Waals surface area contributed by atoms with Gasteiger partial charge >= 0.3 is 0 Å².